The summed E-state index contributed by atoms with van der Waals surface area (Å²) >= 11 is 0. The van der Waals surface area contributed by atoms with Crippen molar-refractivity contribution in [1.29, 1.82) is 0 Å². The standard InChI is InChI=1S/C20H16N2O2/c23-19-11-5-1-3-7-15(11)21-17-10-14-18(9-13(17)19)22-16-8-4-2-6-12(16)20(14)24/h1-8,11,15,21H,9-10H2,(H,22,24). The number of para-hydroxylation sites is 1. The number of carbonyl (C=O) groups excluding carboxylic acids is 1. The van der Waals surface area contributed by atoms with Crippen LogP contribution in [0, 0.1) is 5.92 Å². The minimum atomic E-state index is -0.137. The van der Waals surface area contributed by atoms with Crippen molar-refractivity contribution in [2.45, 2.75) is 18.9 Å². The van der Waals surface area contributed by atoms with E-state index in [1.165, 1.54) is 0 Å². The van der Waals surface area contributed by atoms with Gasteiger partial charge in [-0.1, -0.05) is 36.4 Å². The first kappa shape index (κ1) is 13.5. The van der Waals surface area contributed by atoms with Gasteiger partial charge in [0.1, 0.15) is 0 Å². The topological polar surface area (TPSA) is 62.0 Å². The number of fused-ring (bicyclic) bond motifs is 3. The molecule has 2 unspecified atom stereocenters. The molecule has 0 radical (unpaired) electrons. The highest BCUT2D eigenvalue weighted by molar-refractivity contribution is 6.01. The number of benzene rings is 1. The second-order valence-corrected chi connectivity index (χ2v) is 6.60. The molecule has 1 aromatic carbocycles. The number of aromatic amines is 1. The van der Waals surface area contributed by atoms with E-state index >= 15 is 0 Å². The van der Waals surface area contributed by atoms with Gasteiger partial charge in [-0.3, -0.25) is 9.59 Å². The highest BCUT2D eigenvalue weighted by Gasteiger charge is 2.37. The number of nitrogens with one attached hydrogen (secondary N) is 2. The van der Waals surface area contributed by atoms with Crippen LogP contribution in [0.5, 0.6) is 0 Å². The van der Waals surface area contributed by atoms with E-state index in [4.69, 9.17) is 0 Å². The van der Waals surface area contributed by atoms with E-state index in [9.17, 15) is 9.59 Å². The molecule has 0 spiro atoms. The van der Waals surface area contributed by atoms with Crippen molar-refractivity contribution in [3.8, 4) is 0 Å². The summed E-state index contributed by atoms with van der Waals surface area (Å²) in [4.78, 5) is 29.1. The highest BCUT2D eigenvalue weighted by Crippen LogP contribution is 2.32. The maximum Gasteiger partial charge on any atom is 0.193 e. The molecular weight excluding hydrogens is 300 g/mol. The number of H-pyrrole nitrogens is 1. The van der Waals surface area contributed by atoms with Crippen LogP contribution in [0.15, 0.2) is 64.6 Å². The highest BCUT2D eigenvalue weighted by atomic mass is 16.1. The molecule has 4 heteroatoms. The van der Waals surface area contributed by atoms with Crippen molar-refractivity contribution < 1.29 is 4.79 Å². The average molecular weight is 316 g/mol. The third-order valence-corrected chi connectivity index (χ3v) is 5.24. The van der Waals surface area contributed by atoms with Gasteiger partial charge in [-0.2, -0.15) is 0 Å². The molecule has 5 rings (SSSR count). The molecule has 2 atom stereocenters. The minimum absolute atomic E-state index is 0.00216. The first-order chi connectivity index (χ1) is 11.7. The Hall–Kier alpha value is -2.88. The second-order valence-electron chi connectivity index (χ2n) is 6.60. The predicted molar refractivity (Wildman–Crippen MR) is 92.7 cm³/mol. The van der Waals surface area contributed by atoms with Crippen molar-refractivity contribution in [3.05, 3.63) is 81.3 Å². The normalized spacial score (nSPS) is 24.4. The molecule has 1 aromatic heterocycles. The van der Waals surface area contributed by atoms with Crippen molar-refractivity contribution >= 4 is 16.7 Å². The summed E-state index contributed by atoms with van der Waals surface area (Å²) in [5, 5.41) is 4.18. The molecule has 3 aliphatic rings. The molecule has 1 aliphatic heterocycles. The largest absolute Gasteiger partial charge is 0.380 e. The number of rotatable bonds is 0. The summed E-state index contributed by atoms with van der Waals surface area (Å²) in [5.41, 5.74) is 4.29. The number of aromatic nitrogens is 1. The Balaban J connectivity index is 1.65. The molecule has 2 N–H and O–H groups in total. The maximum absolute atomic E-state index is 12.9. The van der Waals surface area contributed by atoms with Gasteiger partial charge in [-0.25, -0.2) is 0 Å². The van der Waals surface area contributed by atoms with Crippen LogP contribution in [0.2, 0.25) is 0 Å². The number of allylic oxidation sites excluding steroid dienone is 4. The van der Waals surface area contributed by atoms with E-state index in [0.717, 1.165) is 28.0 Å². The Labute approximate surface area is 138 Å². The van der Waals surface area contributed by atoms with Crippen LogP contribution in [0.1, 0.15) is 11.3 Å². The van der Waals surface area contributed by atoms with E-state index in [1.54, 1.807) is 0 Å². The summed E-state index contributed by atoms with van der Waals surface area (Å²) in [5.74, 6) is 0.0384. The molecular formula is C20H16N2O2. The zero-order valence-electron chi connectivity index (χ0n) is 13.0. The summed E-state index contributed by atoms with van der Waals surface area (Å²) in [6.45, 7) is 0. The van der Waals surface area contributed by atoms with Gasteiger partial charge in [-0.15, -0.1) is 0 Å². The zero-order valence-corrected chi connectivity index (χ0v) is 13.0. The SMILES string of the molecule is O=C1C2=C(Cc3c([nH]c4ccccc4c3=O)C2)NC2C=CC=CC12. The van der Waals surface area contributed by atoms with Crippen molar-refractivity contribution in [1.82, 2.24) is 10.3 Å². The lowest BCUT2D eigenvalue weighted by atomic mass is 9.78. The zero-order chi connectivity index (χ0) is 16.3. The average Bonchev–Trinajstić information content (AvgIpc) is 2.62. The van der Waals surface area contributed by atoms with Gasteiger partial charge in [0.25, 0.3) is 0 Å². The molecule has 2 aliphatic carbocycles. The van der Waals surface area contributed by atoms with Crippen LogP contribution in [-0.4, -0.2) is 16.8 Å². The lowest BCUT2D eigenvalue weighted by Gasteiger charge is -2.36. The molecule has 0 amide bonds. The number of ketones is 1. The van der Waals surface area contributed by atoms with Gasteiger partial charge in [0.15, 0.2) is 11.2 Å². The third kappa shape index (κ3) is 1.80. The summed E-state index contributed by atoms with van der Waals surface area (Å²) < 4.78 is 0. The van der Waals surface area contributed by atoms with Crippen LogP contribution in [0.3, 0.4) is 0 Å². The van der Waals surface area contributed by atoms with Gasteiger partial charge in [0.05, 0.1) is 12.0 Å². The maximum atomic E-state index is 12.9. The number of hydrogen-bond donors (Lipinski definition) is 2. The Morgan fingerprint density at radius 2 is 1.83 bits per heavy atom. The quantitative estimate of drug-likeness (QED) is 0.783. The molecule has 0 bridgehead atoms. The van der Waals surface area contributed by atoms with Crippen LogP contribution in [0.25, 0.3) is 10.9 Å². The Kier molecular flexibility index (Phi) is 2.71. The smallest absolute Gasteiger partial charge is 0.193 e. The van der Waals surface area contributed by atoms with Gasteiger partial charge in [0.2, 0.25) is 0 Å². The van der Waals surface area contributed by atoms with Crippen molar-refractivity contribution in [3.63, 3.8) is 0 Å². The van der Waals surface area contributed by atoms with E-state index in [0.29, 0.717) is 18.2 Å². The summed E-state index contributed by atoms with van der Waals surface area (Å²) in [6.07, 6.45) is 8.87. The van der Waals surface area contributed by atoms with Crippen molar-refractivity contribution in [2.75, 3.05) is 0 Å². The van der Waals surface area contributed by atoms with E-state index in [1.807, 2.05) is 48.6 Å². The van der Waals surface area contributed by atoms with Gasteiger partial charge in [0, 0.05) is 46.3 Å². The fraction of sp³-hybridized carbons (Fsp3) is 0.200. The lowest BCUT2D eigenvalue weighted by Crippen LogP contribution is -2.46. The molecule has 0 saturated carbocycles. The fourth-order valence-electron chi connectivity index (χ4n) is 4.00. The number of hydrogen-bond acceptors (Lipinski definition) is 3. The fourth-order valence-corrected chi connectivity index (χ4v) is 4.00. The Bertz CT molecular complexity index is 1040. The van der Waals surface area contributed by atoms with E-state index in [-0.39, 0.29) is 23.2 Å². The molecule has 2 heterocycles. The molecule has 24 heavy (non-hydrogen) atoms. The van der Waals surface area contributed by atoms with Crippen LogP contribution in [0.4, 0.5) is 0 Å². The van der Waals surface area contributed by atoms with Crippen LogP contribution >= 0.6 is 0 Å². The molecule has 0 fully saturated rings. The minimum Gasteiger partial charge on any atom is -0.380 e. The third-order valence-electron chi connectivity index (χ3n) is 5.24. The first-order valence-corrected chi connectivity index (χ1v) is 8.23. The monoisotopic (exact) mass is 316 g/mol. The van der Waals surface area contributed by atoms with E-state index in [2.05, 4.69) is 10.3 Å². The number of pyridine rings is 1. The van der Waals surface area contributed by atoms with Gasteiger partial charge in [-0.05, 0) is 12.1 Å². The van der Waals surface area contributed by atoms with Crippen LogP contribution < -0.4 is 10.7 Å². The summed E-state index contributed by atoms with van der Waals surface area (Å²) in [7, 11) is 0. The first-order valence-electron chi connectivity index (χ1n) is 8.23. The molecule has 118 valence electrons. The predicted octanol–water partition coefficient (Wildman–Crippen LogP) is 2.16. The van der Waals surface area contributed by atoms with Crippen LogP contribution in [-0.2, 0) is 17.6 Å². The molecule has 2 aromatic rings. The molecule has 0 saturated heterocycles. The van der Waals surface area contributed by atoms with Crippen molar-refractivity contribution in [2.24, 2.45) is 5.92 Å². The Morgan fingerprint density at radius 1 is 1.00 bits per heavy atom. The van der Waals surface area contributed by atoms with Gasteiger partial charge >= 0.3 is 0 Å². The lowest BCUT2D eigenvalue weighted by molar-refractivity contribution is -0.119. The van der Waals surface area contributed by atoms with Gasteiger partial charge < -0.3 is 10.3 Å². The number of carbonyl (C=O) groups is 1. The Morgan fingerprint density at radius 3 is 2.75 bits per heavy atom. The molecule has 4 nitrogen and oxygen atoms in total. The second kappa shape index (κ2) is 4.81. The number of Topliss-reactive ketones (excluding diaryl/α,β-unsaturated/α-hetero) is 1. The summed E-state index contributed by atoms with van der Waals surface area (Å²) in [6, 6.07) is 7.55. The van der Waals surface area contributed by atoms with E-state index < -0.39 is 0 Å².